The number of nitrogens with one attached hydrogen (secondary N) is 2. The minimum Gasteiger partial charge on any atom is -0.453 e. The number of piperidine rings is 1. The molecule has 2 aromatic heterocycles. The first-order valence-corrected chi connectivity index (χ1v) is 20.1. The molecule has 3 aromatic carbocycles. The molecule has 0 spiro atoms. The van der Waals surface area contributed by atoms with Crippen LogP contribution in [0.25, 0.3) is 16.6 Å². The number of anilines is 3. The number of aromatic nitrogens is 4. The van der Waals surface area contributed by atoms with Crippen LogP contribution in [-0.2, 0) is 4.79 Å². The van der Waals surface area contributed by atoms with Crippen molar-refractivity contribution >= 4 is 46.3 Å². The van der Waals surface area contributed by atoms with Gasteiger partial charge in [-0.2, -0.15) is 5.26 Å². The number of nitrogens with zero attached hydrogens (tertiary/aromatic N) is 9. The van der Waals surface area contributed by atoms with Gasteiger partial charge in [0.1, 0.15) is 29.5 Å². The Morgan fingerprint density at radius 3 is 2.41 bits per heavy atom. The van der Waals surface area contributed by atoms with E-state index in [9.17, 15) is 19.2 Å². The van der Waals surface area contributed by atoms with Crippen molar-refractivity contribution in [1.82, 2.24) is 33.6 Å². The van der Waals surface area contributed by atoms with Crippen LogP contribution in [0.15, 0.2) is 72.0 Å². The lowest BCUT2D eigenvalue weighted by Gasteiger charge is -2.37. The molecule has 3 aliphatic rings. The Morgan fingerprint density at radius 2 is 1.72 bits per heavy atom. The van der Waals surface area contributed by atoms with E-state index in [1.165, 1.54) is 47.3 Å². The van der Waals surface area contributed by atoms with Crippen molar-refractivity contribution in [2.75, 3.05) is 74.8 Å². The second-order valence-corrected chi connectivity index (χ2v) is 15.7. The van der Waals surface area contributed by atoms with E-state index in [1.54, 1.807) is 31.6 Å². The van der Waals surface area contributed by atoms with Crippen molar-refractivity contribution in [2.24, 2.45) is 0 Å². The summed E-state index contributed by atoms with van der Waals surface area (Å²) >= 11 is 1.33. The molecular formula is C41H43F2N11O3S. The second-order valence-electron chi connectivity index (χ2n) is 14.7. The quantitative estimate of drug-likeness (QED) is 0.148. The molecule has 0 radical (unpaired) electrons. The number of rotatable bonds is 12. The highest BCUT2D eigenvalue weighted by Gasteiger charge is 2.29. The zero-order chi connectivity index (χ0) is 40.3. The third-order valence-corrected chi connectivity index (χ3v) is 11.9. The molecule has 4 heterocycles. The van der Waals surface area contributed by atoms with E-state index in [2.05, 4.69) is 34.2 Å². The Labute approximate surface area is 338 Å². The van der Waals surface area contributed by atoms with Gasteiger partial charge in [-0.3, -0.25) is 19.1 Å². The third-order valence-electron chi connectivity index (χ3n) is 11.0. The molecule has 1 aliphatic carbocycles. The SMILES string of the molecule is CNc1ccc(C2CCN(CC(=O)N3CCN(c4ncc(-n5cnc6ccc(Oc7c(F)ccc(NSN(C)C8CC8)c7C#N)cc6c5=O)cn4)CC3)CC2)c(F)c1. The molecule has 14 nitrogen and oxygen atoms in total. The molecule has 0 bridgehead atoms. The van der Waals surface area contributed by atoms with Gasteiger partial charge in [0.2, 0.25) is 11.9 Å². The topological polar surface area (TPSA) is 148 Å². The Balaban J connectivity index is 0.874. The summed E-state index contributed by atoms with van der Waals surface area (Å²) in [7, 11) is 3.73. The van der Waals surface area contributed by atoms with Crippen LogP contribution in [0.1, 0.15) is 42.7 Å². The van der Waals surface area contributed by atoms with Crippen molar-refractivity contribution in [1.29, 1.82) is 5.26 Å². The van der Waals surface area contributed by atoms with Gasteiger partial charge in [-0.25, -0.2) is 28.0 Å². The minimum absolute atomic E-state index is 0.00375. The van der Waals surface area contributed by atoms with Crippen LogP contribution < -0.4 is 25.2 Å². The van der Waals surface area contributed by atoms with Gasteiger partial charge in [-0.05, 0) is 99.8 Å². The lowest BCUT2D eigenvalue weighted by Crippen LogP contribution is -2.52. The van der Waals surface area contributed by atoms with Gasteiger partial charge < -0.3 is 24.6 Å². The molecule has 3 fully saturated rings. The third kappa shape index (κ3) is 8.40. The number of nitriles is 1. The Hall–Kier alpha value is -5.83. The predicted molar refractivity (Wildman–Crippen MR) is 219 cm³/mol. The minimum atomic E-state index is -0.713. The van der Waals surface area contributed by atoms with Crippen molar-refractivity contribution in [3.05, 3.63) is 100 Å². The molecular weight excluding hydrogens is 765 g/mol. The second kappa shape index (κ2) is 16.9. The molecule has 1 amide bonds. The van der Waals surface area contributed by atoms with Gasteiger partial charge in [0.25, 0.3) is 5.56 Å². The number of likely N-dealkylation sites (tertiary alicyclic amines) is 1. The molecule has 0 unspecified atom stereocenters. The fraction of sp³-hybridized carbons (Fsp3) is 0.366. The molecule has 17 heteroatoms. The van der Waals surface area contributed by atoms with Gasteiger partial charge >= 0.3 is 0 Å². The summed E-state index contributed by atoms with van der Waals surface area (Å²) in [5, 5.41) is 13.1. The highest BCUT2D eigenvalue weighted by atomic mass is 32.2. The number of fused-ring (bicyclic) bond motifs is 1. The average Bonchev–Trinajstić information content (AvgIpc) is 4.11. The van der Waals surface area contributed by atoms with E-state index in [-0.39, 0.29) is 40.1 Å². The van der Waals surface area contributed by atoms with Crippen LogP contribution >= 0.6 is 12.1 Å². The van der Waals surface area contributed by atoms with E-state index >= 15 is 4.39 Å². The molecule has 2 saturated heterocycles. The van der Waals surface area contributed by atoms with Gasteiger partial charge in [0, 0.05) is 57.1 Å². The number of ether oxygens (including phenoxy) is 1. The first-order chi connectivity index (χ1) is 28.2. The lowest BCUT2D eigenvalue weighted by atomic mass is 9.89. The van der Waals surface area contributed by atoms with Gasteiger partial charge in [-0.1, -0.05) is 6.07 Å². The monoisotopic (exact) mass is 807 g/mol. The standard InChI is InChI=1S/C41H43F2N11O3S/c1-45-27-3-7-31(35(43)19-27)26-11-13-51(14-12-26)24-38(55)52-15-17-53(18-16-52)41-46-22-29(23-47-41)54-25-48-36-9-6-30(20-32(36)40(54)56)57-39-33(21-44)37(10-8-34(39)42)49-58-50(2)28-4-5-28/h3,6-10,19-20,22-23,25-26,28,45,49H,4-5,11-18,24H2,1-2H3. The predicted octanol–water partition coefficient (Wildman–Crippen LogP) is 5.76. The lowest BCUT2D eigenvalue weighted by molar-refractivity contribution is -0.133. The number of halogens is 2. The van der Waals surface area contributed by atoms with E-state index in [1.807, 2.05) is 35.0 Å². The van der Waals surface area contributed by atoms with Crippen molar-refractivity contribution in [3.8, 4) is 23.3 Å². The first kappa shape index (κ1) is 39.0. The number of piperazine rings is 1. The maximum absolute atomic E-state index is 15.1. The summed E-state index contributed by atoms with van der Waals surface area (Å²) in [5.74, 6) is -0.291. The fourth-order valence-electron chi connectivity index (χ4n) is 7.42. The number of amides is 1. The Morgan fingerprint density at radius 1 is 0.966 bits per heavy atom. The van der Waals surface area contributed by atoms with Crippen molar-refractivity contribution < 1.29 is 18.3 Å². The summed E-state index contributed by atoms with van der Waals surface area (Å²) in [6.45, 7) is 3.97. The van der Waals surface area contributed by atoms with Crippen LogP contribution in [0.3, 0.4) is 0 Å². The van der Waals surface area contributed by atoms with E-state index < -0.39 is 11.4 Å². The summed E-state index contributed by atoms with van der Waals surface area (Å²) in [6.07, 6.45) is 8.31. The zero-order valence-corrected chi connectivity index (χ0v) is 33.0. The summed E-state index contributed by atoms with van der Waals surface area (Å²) in [4.78, 5) is 46.5. The van der Waals surface area contributed by atoms with Crippen molar-refractivity contribution in [3.63, 3.8) is 0 Å². The Kier molecular flexibility index (Phi) is 11.4. The number of carbonyl (C=O) groups is 1. The van der Waals surface area contributed by atoms with Gasteiger partial charge in [-0.15, -0.1) is 0 Å². The van der Waals surface area contributed by atoms with E-state index in [0.29, 0.717) is 61.6 Å². The van der Waals surface area contributed by atoms with Crippen molar-refractivity contribution in [2.45, 2.75) is 37.6 Å². The van der Waals surface area contributed by atoms with Crippen LogP contribution in [0.4, 0.5) is 26.1 Å². The molecule has 8 rings (SSSR count). The van der Waals surface area contributed by atoms with Gasteiger partial charge in [0.15, 0.2) is 11.6 Å². The number of carbonyl (C=O) groups excluding carboxylic acids is 1. The summed E-state index contributed by atoms with van der Waals surface area (Å²) < 4.78 is 42.2. The summed E-state index contributed by atoms with van der Waals surface area (Å²) in [6, 6.07) is 15.2. The van der Waals surface area contributed by atoms with E-state index in [0.717, 1.165) is 50.0 Å². The van der Waals surface area contributed by atoms with Crippen LogP contribution in [-0.4, -0.2) is 105 Å². The first-order valence-electron chi connectivity index (χ1n) is 19.3. The number of hydrogen-bond acceptors (Lipinski definition) is 13. The zero-order valence-electron chi connectivity index (χ0n) is 32.2. The Bertz CT molecular complexity index is 2410. The highest BCUT2D eigenvalue weighted by Crippen LogP contribution is 2.37. The van der Waals surface area contributed by atoms with Crippen LogP contribution in [0.5, 0.6) is 11.5 Å². The maximum atomic E-state index is 15.1. The average molecular weight is 808 g/mol. The summed E-state index contributed by atoms with van der Waals surface area (Å²) in [5.41, 5.74) is 2.31. The number of benzene rings is 3. The molecule has 2 aliphatic heterocycles. The molecule has 1 saturated carbocycles. The number of hydrogen-bond donors (Lipinski definition) is 2. The van der Waals surface area contributed by atoms with Crippen LogP contribution in [0, 0.1) is 23.0 Å². The normalized spacial score (nSPS) is 16.4. The van der Waals surface area contributed by atoms with Gasteiger partial charge in [0.05, 0.1) is 41.2 Å². The van der Waals surface area contributed by atoms with Crippen LogP contribution in [0.2, 0.25) is 0 Å². The van der Waals surface area contributed by atoms with E-state index in [4.69, 9.17) is 4.74 Å². The largest absolute Gasteiger partial charge is 0.453 e. The smallest absolute Gasteiger partial charge is 0.266 e. The highest BCUT2D eigenvalue weighted by molar-refractivity contribution is 7.98. The fourth-order valence-corrected chi connectivity index (χ4v) is 8.19. The molecule has 2 N–H and O–H groups in total. The molecule has 300 valence electrons. The maximum Gasteiger partial charge on any atom is 0.266 e. The molecule has 0 atom stereocenters. The molecule has 5 aromatic rings. The molecule has 58 heavy (non-hydrogen) atoms.